The van der Waals surface area contributed by atoms with Crippen molar-refractivity contribution in [2.24, 2.45) is 0 Å². The van der Waals surface area contributed by atoms with E-state index in [4.69, 9.17) is 5.26 Å². The number of hydrogen-bond acceptors (Lipinski definition) is 3. The van der Waals surface area contributed by atoms with Crippen molar-refractivity contribution in [2.75, 3.05) is 0 Å². The minimum absolute atomic E-state index is 0.163. The predicted molar refractivity (Wildman–Crippen MR) is 71.0 cm³/mol. The third-order valence-electron chi connectivity index (χ3n) is 2.61. The number of pyridine rings is 1. The standard InChI is InChI=1S/C14H8BrFN2O/c15-12-4-3-9(6-13(12)16)14(19)11(7-17)10-2-1-5-18-8-10/h1-6,8,11H. The third-order valence-corrected chi connectivity index (χ3v) is 3.26. The molecule has 0 amide bonds. The van der Waals surface area contributed by atoms with E-state index in [9.17, 15) is 9.18 Å². The fourth-order valence-corrected chi connectivity index (χ4v) is 1.89. The zero-order valence-corrected chi connectivity index (χ0v) is 11.3. The van der Waals surface area contributed by atoms with Crippen LogP contribution in [0, 0.1) is 17.1 Å². The Hall–Kier alpha value is -2.06. The Morgan fingerprint density at radius 2 is 2.21 bits per heavy atom. The van der Waals surface area contributed by atoms with Gasteiger partial charge in [0.25, 0.3) is 0 Å². The van der Waals surface area contributed by atoms with E-state index >= 15 is 0 Å². The van der Waals surface area contributed by atoms with Crippen molar-refractivity contribution in [3.63, 3.8) is 0 Å². The molecule has 0 saturated carbocycles. The third kappa shape index (κ3) is 2.85. The number of ketones is 1. The molecule has 2 aromatic rings. The fourth-order valence-electron chi connectivity index (χ4n) is 1.65. The maximum absolute atomic E-state index is 13.4. The minimum Gasteiger partial charge on any atom is -0.292 e. The lowest BCUT2D eigenvalue weighted by atomic mass is 9.93. The molecule has 0 aliphatic heterocycles. The van der Waals surface area contributed by atoms with Gasteiger partial charge in [-0.15, -0.1) is 0 Å². The Morgan fingerprint density at radius 1 is 1.42 bits per heavy atom. The molecule has 0 bridgehead atoms. The lowest BCUT2D eigenvalue weighted by molar-refractivity contribution is 0.0978. The molecule has 0 spiro atoms. The van der Waals surface area contributed by atoms with E-state index in [2.05, 4.69) is 20.9 Å². The minimum atomic E-state index is -0.978. The van der Waals surface area contributed by atoms with Crippen LogP contribution in [0.5, 0.6) is 0 Å². The second-order valence-corrected chi connectivity index (χ2v) is 4.70. The van der Waals surface area contributed by atoms with Crippen LogP contribution >= 0.6 is 15.9 Å². The van der Waals surface area contributed by atoms with Crippen LogP contribution in [0.25, 0.3) is 0 Å². The molecule has 0 aliphatic carbocycles. The van der Waals surface area contributed by atoms with E-state index in [0.29, 0.717) is 5.56 Å². The number of rotatable bonds is 3. The lowest BCUT2D eigenvalue weighted by Gasteiger charge is -2.08. The van der Waals surface area contributed by atoms with Crippen LogP contribution in [-0.2, 0) is 0 Å². The topological polar surface area (TPSA) is 53.8 Å². The van der Waals surface area contributed by atoms with Gasteiger partial charge in [0.15, 0.2) is 5.78 Å². The molecule has 0 aliphatic rings. The molecule has 0 saturated heterocycles. The van der Waals surface area contributed by atoms with Crippen molar-refractivity contribution < 1.29 is 9.18 Å². The summed E-state index contributed by atoms with van der Waals surface area (Å²) in [6, 6.07) is 9.27. The summed E-state index contributed by atoms with van der Waals surface area (Å²) in [5.74, 6) is -1.95. The van der Waals surface area contributed by atoms with Crippen molar-refractivity contribution in [1.82, 2.24) is 4.98 Å². The normalized spacial score (nSPS) is 11.6. The molecule has 1 atom stereocenters. The van der Waals surface area contributed by atoms with Gasteiger partial charge in [-0.1, -0.05) is 12.1 Å². The second-order valence-electron chi connectivity index (χ2n) is 3.84. The van der Waals surface area contributed by atoms with Crippen LogP contribution < -0.4 is 0 Å². The summed E-state index contributed by atoms with van der Waals surface area (Å²) in [5, 5.41) is 9.13. The molecule has 5 heteroatoms. The van der Waals surface area contributed by atoms with E-state index in [1.165, 1.54) is 18.3 Å². The van der Waals surface area contributed by atoms with Gasteiger partial charge in [0.05, 0.1) is 10.5 Å². The first-order chi connectivity index (χ1) is 9.13. The highest BCUT2D eigenvalue weighted by atomic mass is 79.9. The summed E-state index contributed by atoms with van der Waals surface area (Å²) in [7, 11) is 0. The molecule has 1 aromatic carbocycles. The smallest absolute Gasteiger partial charge is 0.184 e. The van der Waals surface area contributed by atoms with Crippen LogP contribution in [0.1, 0.15) is 21.8 Å². The van der Waals surface area contributed by atoms with Gasteiger partial charge in [-0.3, -0.25) is 9.78 Å². The SMILES string of the molecule is N#CC(C(=O)c1ccc(Br)c(F)c1)c1cccnc1. The monoisotopic (exact) mass is 318 g/mol. The molecule has 0 radical (unpaired) electrons. The van der Waals surface area contributed by atoms with Crippen LogP contribution in [-0.4, -0.2) is 10.8 Å². The molecular formula is C14H8BrFN2O. The maximum Gasteiger partial charge on any atom is 0.184 e. The highest BCUT2D eigenvalue weighted by Gasteiger charge is 2.22. The summed E-state index contributed by atoms with van der Waals surface area (Å²) in [6.07, 6.45) is 3.02. The number of benzene rings is 1. The van der Waals surface area contributed by atoms with Gasteiger partial charge in [-0.25, -0.2) is 4.39 Å². The number of nitrogens with zero attached hydrogens (tertiary/aromatic N) is 2. The summed E-state index contributed by atoms with van der Waals surface area (Å²) >= 11 is 3.02. The van der Waals surface area contributed by atoms with E-state index in [1.807, 2.05) is 6.07 Å². The number of carbonyl (C=O) groups excluding carboxylic acids is 1. The molecule has 1 heterocycles. The molecule has 2 rings (SSSR count). The average Bonchev–Trinajstić information content (AvgIpc) is 2.44. The lowest BCUT2D eigenvalue weighted by Crippen LogP contribution is -2.11. The number of halogens is 2. The fraction of sp³-hybridized carbons (Fsp3) is 0.0714. The Morgan fingerprint density at radius 3 is 2.79 bits per heavy atom. The van der Waals surface area contributed by atoms with Crippen molar-refractivity contribution in [3.8, 4) is 6.07 Å². The van der Waals surface area contributed by atoms with Gasteiger partial charge >= 0.3 is 0 Å². The summed E-state index contributed by atoms with van der Waals surface area (Å²) in [5.41, 5.74) is 0.662. The van der Waals surface area contributed by atoms with Crippen molar-refractivity contribution in [1.29, 1.82) is 5.26 Å². The van der Waals surface area contributed by atoms with E-state index in [0.717, 1.165) is 6.07 Å². The Labute approximate surface area is 117 Å². The Balaban J connectivity index is 2.37. The first kappa shape index (κ1) is 13.4. The second kappa shape index (κ2) is 5.72. The molecule has 94 valence electrons. The summed E-state index contributed by atoms with van der Waals surface area (Å²) < 4.78 is 13.7. The molecule has 3 nitrogen and oxygen atoms in total. The zero-order valence-electron chi connectivity index (χ0n) is 9.68. The van der Waals surface area contributed by atoms with Gasteiger partial charge < -0.3 is 0 Å². The summed E-state index contributed by atoms with van der Waals surface area (Å²) in [4.78, 5) is 16.1. The number of hydrogen-bond donors (Lipinski definition) is 0. The van der Waals surface area contributed by atoms with Crippen LogP contribution in [0.15, 0.2) is 47.2 Å². The highest BCUT2D eigenvalue weighted by molar-refractivity contribution is 9.10. The van der Waals surface area contributed by atoms with Crippen molar-refractivity contribution >= 4 is 21.7 Å². The van der Waals surface area contributed by atoms with Gasteiger partial charge in [0.2, 0.25) is 0 Å². The van der Waals surface area contributed by atoms with E-state index < -0.39 is 17.5 Å². The van der Waals surface area contributed by atoms with Crippen molar-refractivity contribution in [3.05, 3.63) is 64.1 Å². The summed E-state index contributed by atoms with van der Waals surface area (Å²) in [6.45, 7) is 0. The van der Waals surface area contributed by atoms with E-state index in [1.54, 1.807) is 18.3 Å². The Bertz CT molecular complexity index is 652. The van der Waals surface area contributed by atoms with E-state index in [-0.39, 0.29) is 10.0 Å². The van der Waals surface area contributed by atoms with Gasteiger partial charge in [-0.2, -0.15) is 5.26 Å². The van der Waals surface area contributed by atoms with Crippen LogP contribution in [0.4, 0.5) is 4.39 Å². The quantitative estimate of drug-likeness (QED) is 0.814. The first-order valence-electron chi connectivity index (χ1n) is 5.42. The average molecular weight is 319 g/mol. The largest absolute Gasteiger partial charge is 0.292 e. The molecule has 0 N–H and O–H groups in total. The molecule has 1 aromatic heterocycles. The molecule has 19 heavy (non-hydrogen) atoms. The number of aromatic nitrogens is 1. The van der Waals surface area contributed by atoms with Gasteiger partial charge in [0, 0.05) is 18.0 Å². The molecule has 0 fully saturated rings. The zero-order chi connectivity index (χ0) is 13.8. The Kier molecular flexibility index (Phi) is 4.03. The molecular weight excluding hydrogens is 311 g/mol. The number of Topliss-reactive ketones (excluding diaryl/α,β-unsaturated/α-hetero) is 1. The van der Waals surface area contributed by atoms with Gasteiger partial charge in [-0.05, 0) is 39.7 Å². The van der Waals surface area contributed by atoms with Crippen LogP contribution in [0.3, 0.4) is 0 Å². The highest BCUT2D eigenvalue weighted by Crippen LogP contribution is 2.22. The number of nitriles is 1. The maximum atomic E-state index is 13.4. The van der Waals surface area contributed by atoms with Crippen LogP contribution in [0.2, 0.25) is 0 Å². The first-order valence-corrected chi connectivity index (χ1v) is 6.21. The number of carbonyl (C=O) groups is 1. The molecule has 1 unspecified atom stereocenters. The van der Waals surface area contributed by atoms with Gasteiger partial charge in [0.1, 0.15) is 11.7 Å². The predicted octanol–water partition coefficient (Wildman–Crippen LogP) is 3.47. The van der Waals surface area contributed by atoms with Crippen molar-refractivity contribution in [2.45, 2.75) is 5.92 Å².